The number of likely N-dealkylation sites (tertiary alicyclic amines) is 1. The Kier molecular flexibility index (Phi) is 4.54. The van der Waals surface area contributed by atoms with Gasteiger partial charge >= 0.3 is 0 Å². The molecular weight excluding hydrogens is 324 g/mol. The number of piperidine rings is 1. The van der Waals surface area contributed by atoms with Gasteiger partial charge in [-0.05, 0) is 23.8 Å². The summed E-state index contributed by atoms with van der Waals surface area (Å²) >= 11 is 0. The van der Waals surface area contributed by atoms with E-state index in [1.54, 1.807) is 0 Å². The monoisotopic (exact) mass is 350 g/mol. The van der Waals surface area contributed by atoms with Gasteiger partial charge in [-0.25, -0.2) is 0 Å². The summed E-state index contributed by atoms with van der Waals surface area (Å²) in [4.78, 5) is 14.8. The van der Waals surface area contributed by atoms with Crippen LogP contribution in [0.5, 0.6) is 0 Å². The molecule has 1 saturated carbocycles. The van der Waals surface area contributed by atoms with E-state index in [1.165, 1.54) is 5.56 Å². The van der Waals surface area contributed by atoms with Gasteiger partial charge in [0.15, 0.2) is 5.66 Å². The molecule has 2 heterocycles. The van der Waals surface area contributed by atoms with Crippen molar-refractivity contribution >= 4 is 5.91 Å². The van der Waals surface area contributed by atoms with Gasteiger partial charge in [-0.3, -0.25) is 4.79 Å². The summed E-state index contributed by atoms with van der Waals surface area (Å²) < 4.78 is 0. The normalized spacial score (nSPS) is 30.8. The summed E-state index contributed by atoms with van der Waals surface area (Å²) in [7, 11) is 0. The van der Waals surface area contributed by atoms with E-state index in [2.05, 4.69) is 40.4 Å². The fraction of sp³-hybridized carbons (Fsp3) is 0.571. The second-order valence-corrected chi connectivity index (χ2v) is 7.95. The van der Waals surface area contributed by atoms with Crippen LogP contribution in [-0.4, -0.2) is 35.6 Å². The fourth-order valence-corrected chi connectivity index (χ4v) is 4.83. The van der Waals surface area contributed by atoms with Crippen LogP contribution in [0.4, 0.5) is 0 Å². The van der Waals surface area contributed by atoms with Gasteiger partial charge in [0.2, 0.25) is 5.91 Å². The molecule has 5 nitrogen and oxygen atoms in total. The highest BCUT2D eigenvalue weighted by Crippen LogP contribution is 2.46. The maximum atomic E-state index is 12.8. The van der Waals surface area contributed by atoms with Crippen molar-refractivity contribution in [2.45, 2.75) is 49.7 Å². The van der Waals surface area contributed by atoms with E-state index in [0.717, 1.165) is 25.9 Å². The molecule has 0 unspecified atom stereocenters. The lowest BCUT2D eigenvalue weighted by Crippen LogP contribution is -2.43. The SMILES string of the molecule is C#CCCC1(CCC(=O)N2C[C@H]3C[C@@H](C2)[C@H](c2ccccc2)[C@H]3N)N=N1. The second kappa shape index (κ2) is 6.85. The Hall–Kier alpha value is -2.19. The van der Waals surface area contributed by atoms with E-state index in [0.29, 0.717) is 37.0 Å². The highest BCUT2D eigenvalue weighted by atomic mass is 16.2. The van der Waals surface area contributed by atoms with E-state index in [4.69, 9.17) is 12.2 Å². The number of rotatable bonds is 6. The maximum Gasteiger partial charge on any atom is 0.222 e. The summed E-state index contributed by atoms with van der Waals surface area (Å²) in [5.41, 5.74) is 7.52. The molecule has 1 aromatic carbocycles. The third kappa shape index (κ3) is 3.26. The number of hydrogen-bond donors (Lipinski definition) is 1. The molecule has 4 atom stereocenters. The van der Waals surface area contributed by atoms with E-state index < -0.39 is 0 Å². The topological polar surface area (TPSA) is 71.0 Å². The van der Waals surface area contributed by atoms with E-state index in [1.807, 2.05) is 11.0 Å². The van der Waals surface area contributed by atoms with Crippen LogP contribution < -0.4 is 5.73 Å². The van der Waals surface area contributed by atoms with Crippen LogP contribution >= 0.6 is 0 Å². The molecule has 3 aliphatic rings. The van der Waals surface area contributed by atoms with Crippen molar-refractivity contribution in [3.8, 4) is 12.3 Å². The van der Waals surface area contributed by atoms with Crippen molar-refractivity contribution in [2.24, 2.45) is 27.8 Å². The molecule has 1 aromatic rings. The van der Waals surface area contributed by atoms with Crippen molar-refractivity contribution < 1.29 is 4.79 Å². The van der Waals surface area contributed by atoms with Crippen molar-refractivity contribution in [1.82, 2.24) is 4.90 Å². The number of amides is 1. The Morgan fingerprint density at radius 1 is 1.23 bits per heavy atom. The summed E-state index contributed by atoms with van der Waals surface area (Å²) in [6, 6.07) is 10.7. The van der Waals surface area contributed by atoms with E-state index >= 15 is 0 Å². The molecule has 4 rings (SSSR count). The fourth-order valence-electron chi connectivity index (χ4n) is 4.83. The van der Waals surface area contributed by atoms with Gasteiger partial charge < -0.3 is 10.6 Å². The lowest BCUT2D eigenvalue weighted by molar-refractivity contribution is -0.133. The van der Waals surface area contributed by atoms with Crippen LogP contribution in [0.25, 0.3) is 0 Å². The first kappa shape index (κ1) is 17.2. The van der Waals surface area contributed by atoms with Crippen LogP contribution in [0.2, 0.25) is 0 Å². The van der Waals surface area contributed by atoms with Crippen molar-refractivity contribution in [3.05, 3.63) is 35.9 Å². The van der Waals surface area contributed by atoms with E-state index in [9.17, 15) is 4.79 Å². The van der Waals surface area contributed by atoms with Gasteiger partial charge in [0.05, 0.1) is 0 Å². The molecule has 2 fully saturated rings. The molecule has 2 bridgehead atoms. The molecular formula is C21H26N4O. The van der Waals surface area contributed by atoms with Gasteiger partial charge in [0, 0.05) is 50.7 Å². The molecule has 1 amide bonds. The molecule has 5 heteroatoms. The average Bonchev–Trinajstić information content (AvgIpc) is 3.41. The zero-order chi connectivity index (χ0) is 18.1. The van der Waals surface area contributed by atoms with Crippen molar-refractivity contribution in [1.29, 1.82) is 0 Å². The van der Waals surface area contributed by atoms with Crippen LogP contribution in [-0.2, 0) is 4.79 Å². The Morgan fingerprint density at radius 2 is 1.96 bits per heavy atom. The molecule has 1 aliphatic carbocycles. The van der Waals surface area contributed by atoms with Crippen LogP contribution in [0.1, 0.15) is 43.6 Å². The first-order chi connectivity index (χ1) is 12.6. The van der Waals surface area contributed by atoms with Crippen molar-refractivity contribution in [2.75, 3.05) is 13.1 Å². The van der Waals surface area contributed by atoms with Crippen LogP contribution in [0, 0.1) is 24.2 Å². The Balaban J connectivity index is 1.37. The summed E-state index contributed by atoms with van der Waals surface area (Å²) in [6.07, 6.45) is 9.02. The Bertz CT molecular complexity index is 732. The summed E-state index contributed by atoms with van der Waals surface area (Å²) in [5, 5.41) is 8.27. The van der Waals surface area contributed by atoms with Gasteiger partial charge in [0.25, 0.3) is 0 Å². The molecule has 26 heavy (non-hydrogen) atoms. The summed E-state index contributed by atoms with van der Waals surface area (Å²) in [5.74, 6) is 4.05. The first-order valence-electron chi connectivity index (χ1n) is 9.58. The number of nitrogens with zero attached hydrogens (tertiary/aromatic N) is 3. The maximum absolute atomic E-state index is 12.8. The Labute approximate surface area is 155 Å². The number of hydrogen-bond acceptors (Lipinski definition) is 4. The minimum Gasteiger partial charge on any atom is -0.342 e. The zero-order valence-electron chi connectivity index (χ0n) is 15.1. The van der Waals surface area contributed by atoms with Gasteiger partial charge in [0.1, 0.15) is 0 Å². The molecule has 0 aromatic heterocycles. The molecule has 1 saturated heterocycles. The Morgan fingerprint density at radius 3 is 2.65 bits per heavy atom. The molecule has 136 valence electrons. The first-order valence-corrected chi connectivity index (χ1v) is 9.58. The third-order valence-corrected chi connectivity index (χ3v) is 6.31. The quantitative estimate of drug-likeness (QED) is 0.801. The molecule has 2 aliphatic heterocycles. The molecule has 0 spiro atoms. The average molecular weight is 350 g/mol. The standard InChI is InChI=1S/C21H26N4O/c1-2-3-10-21(23-24-21)11-9-18(26)25-13-16-12-17(14-25)20(22)19(16)15-7-5-4-6-8-15/h1,4-8,16-17,19-20H,3,9-14,22H2/t16-,17+,19-,20-/m0/s1. The predicted octanol–water partition coefficient (Wildman–Crippen LogP) is 2.93. The van der Waals surface area contributed by atoms with Crippen LogP contribution in [0.3, 0.4) is 0 Å². The lowest BCUT2D eigenvalue weighted by Gasteiger charge is -2.33. The largest absolute Gasteiger partial charge is 0.342 e. The van der Waals surface area contributed by atoms with Crippen LogP contribution in [0.15, 0.2) is 40.6 Å². The minimum absolute atomic E-state index is 0.135. The number of nitrogens with two attached hydrogens (primary N) is 1. The van der Waals surface area contributed by atoms with Gasteiger partial charge in [-0.2, -0.15) is 10.2 Å². The second-order valence-electron chi connectivity index (χ2n) is 7.95. The highest BCUT2D eigenvalue weighted by Gasteiger charge is 2.47. The third-order valence-electron chi connectivity index (χ3n) is 6.31. The van der Waals surface area contributed by atoms with Crippen molar-refractivity contribution in [3.63, 3.8) is 0 Å². The molecule has 2 N–H and O–H groups in total. The van der Waals surface area contributed by atoms with Gasteiger partial charge in [-0.15, -0.1) is 12.3 Å². The zero-order valence-corrected chi connectivity index (χ0v) is 15.1. The minimum atomic E-state index is -0.375. The van der Waals surface area contributed by atoms with E-state index in [-0.39, 0.29) is 17.6 Å². The number of carbonyl (C=O) groups is 1. The number of benzene rings is 1. The predicted molar refractivity (Wildman–Crippen MR) is 100 cm³/mol. The number of terminal acetylenes is 1. The smallest absolute Gasteiger partial charge is 0.222 e. The lowest BCUT2D eigenvalue weighted by atomic mass is 9.87. The highest BCUT2D eigenvalue weighted by molar-refractivity contribution is 5.76. The number of carbonyl (C=O) groups excluding carboxylic acids is 1. The number of fused-ring (bicyclic) bond motifs is 2. The molecule has 0 radical (unpaired) electrons. The van der Waals surface area contributed by atoms with Gasteiger partial charge in [-0.1, -0.05) is 30.3 Å². The summed E-state index contributed by atoms with van der Waals surface area (Å²) in [6.45, 7) is 1.60.